The summed E-state index contributed by atoms with van der Waals surface area (Å²) in [7, 11) is 0. The van der Waals surface area contributed by atoms with Crippen molar-refractivity contribution in [1.82, 2.24) is 16.0 Å². The molecular weight excluding hydrogens is 320 g/mol. The summed E-state index contributed by atoms with van der Waals surface area (Å²) < 4.78 is 0. The van der Waals surface area contributed by atoms with E-state index in [0.717, 1.165) is 18.8 Å². The zero-order valence-corrected chi connectivity index (χ0v) is 17.7. The average molecular weight is 363 g/mol. The van der Waals surface area contributed by atoms with Crippen LogP contribution in [-0.2, 0) is 0 Å². The number of piperidine rings is 1. The van der Waals surface area contributed by atoms with E-state index in [2.05, 4.69) is 43.6 Å². The number of hydrogen-bond donors (Lipinski definition) is 3. The van der Waals surface area contributed by atoms with E-state index in [4.69, 9.17) is 4.99 Å². The minimum absolute atomic E-state index is 0.167. The summed E-state index contributed by atoms with van der Waals surface area (Å²) in [6.45, 7) is 9.31. The molecule has 0 spiro atoms. The lowest BCUT2D eigenvalue weighted by atomic mass is 9.79. The Hall–Kier alpha value is -0.770. The molecule has 0 radical (unpaired) electrons. The maximum Gasteiger partial charge on any atom is 0.191 e. The summed E-state index contributed by atoms with van der Waals surface area (Å²) in [5.41, 5.74) is 0.334. The molecule has 3 rings (SSSR count). The molecule has 4 heteroatoms. The number of nitrogens with zero attached hydrogens (tertiary/aromatic N) is 1. The van der Waals surface area contributed by atoms with Crippen molar-refractivity contribution in [1.29, 1.82) is 0 Å². The fourth-order valence-electron chi connectivity index (χ4n) is 5.57. The number of aliphatic imine (C=N–C) groups is 1. The highest BCUT2D eigenvalue weighted by atomic mass is 15.2. The molecule has 0 atom stereocenters. The first-order chi connectivity index (χ1) is 12.3. The van der Waals surface area contributed by atoms with Gasteiger partial charge in [0.1, 0.15) is 0 Å². The van der Waals surface area contributed by atoms with E-state index < -0.39 is 0 Å². The SMILES string of the molecule is CC1(C)CC(NC(=NC2CCCCC2)NC2CCCCC2)CC(C)(C)N1. The molecule has 26 heavy (non-hydrogen) atoms. The summed E-state index contributed by atoms with van der Waals surface area (Å²) in [6.07, 6.45) is 15.6. The Bertz CT molecular complexity index is 455. The molecule has 1 aliphatic heterocycles. The standard InChI is InChI=1S/C22H42N4/c1-21(2)15-19(16-22(3,4)26-21)25-20(23-17-11-7-5-8-12-17)24-18-13-9-6-10-14-18/h17-19,26H,5-16H2,1-4H3,(H2,23,24,25). The van der Waals surface area contributed by atoms with E-state index in [0.29, 0.717) is 18.1 Å². The Morgan fingerprint density at radius 2 is 1.23 bits per heavy atom. The van der Waals surface area contributed by atoms with E-state index in [-0.39, 0.29) is 11.1 Å². The third-order valence-corrected chi connectivity index (χ3v) is 6.36. The Kier molecular flexibility index (Phi) is 6.53. The second-order valence-corrected chi connectivity index (χ2v) is 10.4. The van der Waals surface area contributed by atoms with Gasteiger partial charge in [0.05, 0.1) is 6.04 Å². The van der Waals surface area contributed by atoms with Gasteiger partial charge in [-0.1, -0.05) is 38.5 Å². The van der Waals surface area contributed by atoms with Crippen LogP contribution in [0.25, 0.3) is 0 Å². The lowest BCUT2D eigenvalue weighted by Gasteiger charge is -2.47. The summed E-state index contributed by atoms with van der Waals surface area (Å²) in [6, 6.07) is 1.62. The highest BCUT2D eigenvalue weighted by Crippen LogP contribution is 2.29. The van der Waals surface area contributed by atoms with Gasteiger partial charge in [0.25, 0.3) is 0 Å². The van der Waals surface area contributed by atoms with Crippen molar-refractivity contribution >= 4 is 5.96 Å². The largest absolute Gasteiger partial charge is 0.354 e. The van der Waals surface area contributed by atoms with Gasteiger partial charge in [0.15, 0.2) is 5.96 Å². The van der Waals surface area contributed by atoms with E-state index >= 15 is 0 Å². The first kappa shape index (κ1) is 20.0. The molecule has 0 aromatic carbocycles. The lowest BCUT2D eigenvalue weighted by molar-refractivity contribution is 0.154. The van der Waals surface area contributed by atoms with Gasteiger partial charge >= 0.3 is 0 Å². The van der Waals surface area contributed by atoms with Gasteiger partial charge in [0, 0.05) is 23.2 Å². The molecule has 0 aromatic heterocycles. The predicted octanol–water partition coefficient (Wildman–Crippen LogP) is 4.50. The van der Waals surface area contributed by atoms with Crippen LogP contribution in [0.4, 0.5) is 0 Å². The van der Waals surface area contributed by atoms with Gasteiger partial charge < -0.3 is 16.0 Å². The highest BCUT2D eigenvalue weighted by molar-refractivity contribution is 5.80. The van der Waals surface area contributed by atoms with E-state index in [9.17, 15) is 0 Å². The number of nitrogens with one attached hydrogen (secondary N) is 3. The van der Waals surface area contributed by atoms with Crippen LogP contribution in [0.3, 0.4) is 0 Å². The molecule has 4 nitrogen and oxygen atoms in total. The van der Waals surface area contributed by atoms with Crippen molar-refractivity contribution in [3.05, 3.63) is 0 Å². The first-order valence-corrected chi connectivity index (χ1v) is 11.2. The molecular formula is C22H42N4. The third kappa shape index (κ3) is 6.14. The summed E-state index contributed by atoms with van der Waals surface area (Å²) >= 11 is 0. The normalized spacial score (nSPS) is 28.7. The maximum atomic E-state index is 5.19. The molecule has 2 saturated carbocycles. The van der Waals surface area contributed by atoms with Crippen LogP contribution < -0.4 is 16.0 Å². The smallest absolute Gasteiger partial charge is 0.191 e. The molecule has 3 aliphatic rings. The average Bonchev–Trinajstić information content (AvgIpc) is 2.53. The van der Waals surface area contributed by atoms with Crippen molar-refractivity contribution in [2.45, 2.75) is 134 Å². The molecule has 3 N–H and O–H groups in total. The fraction of sp³-hybridized carbons (Fsp3) is 0.955. The van der Waals surface area contributed by atoms with Crippen LogP contribution in [0.1, 0.15) is 105 Å². The number of rotatable bonds is 3. The van der Waals surface area contributed by atoms with Crippen LogP contribution >= 0.6 is 0 Å². The molecule has 0 aromatic rings. The Morgan fingerprint density at radius 3 is 1.81 bits per heavy atom. The Balaban J connectivity index is 1.68. The van der Waals surface area contributed by atoms with Gasteiger partial charge in [-0.25, -0.2) is 4.99 Å². The van der Waals surface area contributed by atoms with E-state index in [1.807, 2.05) is 0 Å². The minimum Gasteiger partial charge on any atom is -0.354 e. The second-order valence-electron chi connectivity index (χ2n) is 10.4. The van der Waals surface area contributed by atoms with E-state index in [1.54, 1.807) is 0 Å². The summed E-state index contributed by atoms with van der Waals surface area (Å²) in [5, 5.41) is 11.5. The maximum absolute atomic E-state index is 5.19. The molecule has 1 saturated heterocycles. The molecule has 0 unspecified atom stereocenters. The van der Waals surface area contributed by atoms with Crippen molar-refractivity contribution in [2.24, 2.45) is 4.99 Å². The highest BCUT2D eigenvalue weighted by Gasteiger charge is 2.38. The minimum atomic E-state index is 0.167. The number of guanidine groups is 1. The molecule has 150 valence electrons. The van der Waals surface area contributed by atoms with Gasteiger partial charge in [-0.3, -0.25) is 0 Å². The molecule has 0 amide bonds. The Morgan fingerprint density at radius 1 is 0.731 bits per heavy atom. The Labute approximate surface area is 161 Å². The summed E-state index contributed by atoms with van der Waals surface area (Å²) in [5.74, 6) is 1.10. The lowest BCUT2D eigenvalue weighted by Crippen LogP contribution is -2.63. The van der Waals surface area contributed by atoms with Crippen molar-refractivity contribution in [3.63, 3.8) is 0 Å². The van der Waals surface area contributed by atoms with Crippen molar-refractivity contribution in [2.75, 3.05) is 0 Å². The topological polar surface area (TPSA) is 48.5 Å². The van der Waals surface area contributed by atoms with Crippen molar-refractivity contribution in [3.8, 4) is 0 Å². The van der Waals surface area contributed by atoms with Crippen LogP contribution in [0.5, 0.6) is 0 Å². The van der Waals surface area contributed by atoms with Crippen molar-refractivity contribution < 1.29 is 0 Å². The summed E-state index contributed by atoms with van der Waals surface area (Å²) in [4.78, 5) is 5.19. The van der Waals surface area contributed by atoms with Crippen LogP contribution in [0.2, 0.25) is 0 Å². The fourth-order valence-corrected chi connectivity index (χ4v) is 5.57. The van der Waals surface area contributed by atoms with Crippen LogP contribution in [-0.4, -0.2) is 35.2 Å². The zero-order valence-electron chi connectivity index (χ0n) is 17.7. The monoisotopic (exact) mass is 362 g/mol. The van der Waals surface area contributed by atoms with Gasteiger partial charge in [-0.05, 0) is 66.2 Å². The van der Waals surface area contributed by atoms with Crippen LogP contribution in [0.15, 0.2) is 4.99 Å². The van der Waals surface area contributed by atoms with Gasteiger partial charge in [-0.15, -0.1) is 0 Å². The zero-order chi connectivity index (χ0) is 18.6. The van der Waals surface area contributed by atoms with Gasteiger partial charge in [-0.2, -0.15) is 0 Å². The van der Waals surface area contributed by atoms with Crippen LogP contribution in [0, 0.1) is 0 Å². The molecule has 1 heterocycles. The molecule has 0 bridgehead atoms. The first-order valence-electron chi connectivity index (χ1n) is 11.2. The number of hydrogen-bond acceptors (Lipinski definition) is 2. The predicted molar refractivity (Wildman–Crippen MR) is 112 cm³/mol. The second kappa shape index (κ2) is 8.50. The molecule has 2 aliphatic carbocycles. The third-order valence-electron chi connectivity index (χ3n) is 6.36. The van der Waals surface area contributed by atoms with E-state index in [1.165, 1.54) is 64.2 Å². The quantitative estimate of drug-likeness (QED) is 0.512. The van der Waals surface area contributed by atoms with Gasteiger partial charge in [0.2, 0.25) is 0 Å². The molecule has 3 fully saturated rings.